The lowest BCUT2D eigenvalue weighted by Gasteiger charge is -2.30. The van der Waals surface area contributed by atoms with Crippen molar-refractivity contribution < 1.29 is 41.9 Å². The lowest BCUT2D eigenvalue weighted by Crippen LogP contribution is -2.58. The Balaban J connectivity index is 1.42. The third kappa shape index (κ3) is 8.51. The quantitative estimate of drug-likeness (QED) is 0.303. The minimum absolute atomic E-state index is 0.0616. The summed E-state index contributed by atoms with van der Waals surface area (Å²) in [6.45, 7) is 4.99. The Hall–Kier alpha value is -3.94. The number of carbonyl (C=O) groups is 5. The number of benzene rings is 1. The van der Waals surface area contributed by atoms with Gasteiger partial charge in [0.05, 0.1) is 17.4 Å². The summed E-state index contributed by atoms with van der Waals surface area (Å²) in [5.74, 6) is -3.11. The largest absolute Gasteiger partial charge is 0.457 e. The van der Waals surface area contributed by atoms with Gasteiger partial charge in [-0.05, 0) is 71.4 Å². The molecule has 1 aromatic rings. The van der Waals surface area contributed by atoms with Gasteiger partial charge in [-0.15, -0.1) is 0 Å². The zero-order valence-corrected chi connectivity index (χ0v) is 27.8. The number of rotatable bonds is 6. The van der Waals surface area contributed by atoms with E-state index in [0.29, 0.717) is 31.2 Å². The van der Waals surface area contributed by atoms with E-state index in [1.165, 1.54) is 4.90 Å². The van der Waals surface area contributed by atoms with Crippen molar-refractivity contribution in [1.29, 1.82) is 0 Å². The first-order chi connectivity index (χ1) is 22.2. The third-order valence-electron chi connectivity index (χ3n) is 8.82. The van der Waals surface area contributed by atoms with Crippen molar-refractivity contribution in [1.82, 2.24) is 20.3 Å². The normalized spacial score (nSPS) is 29.1. The Kier molecular flexibility index (Phi) is 9.99. The second-order valence-corrected chi connectivity index (χ2v) is 15.8. The summed E-state index contributed by atoms with van der Waals surface area (Å²) in [5, 5.41) is 4.83. The number of allylic oxidation sites excluding steroid dienone is 1. The average Bonchev–Trinajstić information content (AvgIpc) is 3.92. The Bertz CT molecular complexity index is 1520. The molecule has 14 heteroatoms. The second kappa shape index (κ2) is 13.7. The fourth-order valence-electron chi connectivity index (χ4n) is 6.09. The maximum Gasteiger partial charge on any atom is 0.408 e. The van der Waals surface area contributed by atoms with Crippen molar-refractivity contribution in [3.8, 4) is 0 Å². The number of fused-ring (bicyclic) bond motifs is 2. The maximum atomic E-state index is 14.2. The predicted octanol–water partition coefficient (Wildman–Crippen LogP) is 2.71. The number of alkyl carbamates (subject to hydrolysis) is 1. The molecule has 0 aromatic heterocycles. The monoisotopic (exact) mass is 672 g/mol. The van der Waals surface area contributed by atoms with Crippen LogP contribution in [0.1, 0.15) is 88.9 Å². The molecule has 0 spiro atoms. The third-order valence-corrected chi connectivity index (χ3v) is 10.6. The fraction of sp³-hybridized carbons (Fsp3) is 0.606. The molecule has 0 bridgehead atoms. The van der Waals surface area contributed by atoms with Gasteiger partial charge < -0.3 is 25.0 Å². The van der Waals surface area contributed by atoms with Crippen LogP contribution in [0.3, 0.4) is 0 Å². The Morgan fingerprint density at radius 3 is 2.43 bits per heavy atom. The van der Waals surface area contributed by atoms with E-state index in [-0.39, 0.29) is 25.8 Å². The molecular formula is C33H44N4O9S. The number of ether oxygens (including phenoxy) is 2. The minimum Gasteiger partial charge on any atom is -0.457 e. The van der Waals surface area contributed by atoms with E-state index in [4.69, 9.17) is 9.47 Å². The summed E-state index contributed by atoms with van der Waals surface area (Å²) in [6.07, 6.45) is 6.27. The van der Waals surface area contributed by atoms with Crippen molar-refractivity contribution in [2.45, 2.75) is 113 Å². The van der Waals surface area contributed by atoms with Gasteiger partial charge in [-0.25, -0.2) is 18.0 Å². The van der Waals surface area contributed by atoms with E-state index in [1.54, 1.807) is 51.1 Å². The molecule has 13 nitrogen and oxygen atoms in total. The van der Waals surface area contributed by atoms with Gasteiger partial charge in [0.1, 0.15) is 29.3 Å². The van der Waals surface area contributed by atoms with Gasteiger partial charge in [-0.2, -0.15) is 0 Å². The average molecular weight is 673 g/mol. The molecule has 5 rings (SSSR count). The van der Waals surface area contributed by atoms with E-state index >= 15 is 0 Å². The molecule has 256 valence electrons. The van der Waals surface area contributed by atoms with Crippen molar-refractivity contribution in [2.75, 3.05) is 6.54 Å². The van der Waals surface area contributed by atoms with E-state index in [9.17, 15) is 32.4 Å². The maximum absolute atomic E-state index is 14.2. The molecule has 3 N–H and O–H groups in total. The van der Waals surface area contributed by atoms with Crippen LogP contribution < -0.4 is 15.4 Å². The van der Waals surface area contributed by atoms with Crippen LogP contribution in [0.2, 0.25) is 0 Å². The van der Waals surface area contributed by atoms with E-state index < -0.39 is 80.3 Å². The fourth-order valence-corrected chi connectivity index (χ4v) is 7.45. The van der Waals surface area contributed by atoms with Gasteiger partial charge >= 0.3 is 12.1 Å². The second-order valence-electron chi connectivity index (χ2n) is 13.8. The van der Waals surface area contributed by atoms with E-state index in [1.807, 2.05) is 12.2 Å². The Morgan fingerprint density at radius 1 is 1.02 bits per heavy atom. The minimum atomic E-state index is -3.89. The van der Waals surface area contributed by atoms with E-state index in [2.05, 4.69) is 15.4 Å². The van der Waals surface area contributed by atoms with Crippen LogP contribution in [0.25, 0.3) is 0 Å². The van der Waals surface area contributed by atoms with Crippen molar-refractivity contribution >= 4 is 39.8 Å². The zero-order chi connectivity index (χ0) is 34.0. The first kappa shape index (κ1) is 34.4. The summed E-state index contributed by atoms with van der Waals surface area (Å²) in [4.78, 5) is 68.7. The van der Waals surface area contributed by atoms with Gasteiger partial charge in [0, 0.05) is 12.3 Å². The number of sulfonamides is 1. The Morgan fingerprint density at radius 2 is 1.74 bits per heavy atom. The first-order valence-electron chi connectivity index (χ1n) is 16.3. The smallest absolute Gasteiger partial charge is 0.408 e. The number of hydrogen-bond acceptors (Lipinski definition) is 9. The molecule has 2 aliphatic carbocycles. The van der Waals surface area contributed by atoms with Gasteiger partial charge in [-0.3, -0.25) is 19.1 Å². The number of esters is 1. The van der Waals surface area contributed by atoms with Gasteiger partial charge in [-0.1, -0.05) is 43.2 Å². The first-order valence-corrected chi connectivity index (χ1v) is 17.8. The molecule has 2 aliphatic heterocycles. The van der Waals surface area contributed by atoms with Crippen LogP contribution in [0, 0.1) is 5.92 Å². The number of amides is 4. The number of hydrogen-bond donors (Lipinski definition) is 3. The molecule has 0 radical (unpaired) electrons. The molecule has 1 saturated heterocycles. The molecule has 2 heterocycles. The number of nitrogens with zero attached hydrogens (tertiary/aromatic N) is 1. The molecule has 0 unspecified atom stereocenters. The van der Waals surface area contributed by atoms with Gasteiger partial charge in [0.2, 0.25) is 21.8 Å². The Labute approximate surface area is 275 Å². The van der Waals surface area contributed by atoms with Gasteiger partial charge in [0.25, 0.3) is 5.91 Å². The molecule has 3 fully saturated rings. The summed E-state index contributed by atoms with van der Waals surface area (Å²) in [5.41, 5.74) is -2.02. The van der Waals surface area contributed by atoms with Crippen molar-refractivity contribution in [3.63, 3.8) is 0 Å². The highest BCUT2D eigenvalue weighted by atomic mass is 32.2. The van der Waals surface area contributed by atoms with Crippen LogP contribution in [-0.4, -0.2) is 84.2 Å². The lowest BCUT2D eigenvalue weighted by molar-refractivity contribution is -0.141. The van der Waals surface area contributed by atoms with Crippen molar-refractivity contribution in [2.24, 2.45) is 5.92 Å². The molecule has 47 heavy (non-hydrogen) atoms. The zero-order valence-electron chi connectivity index (χ0n) is 27.0. The molecule has 2 saturated carbocycles. The van der Waals surface area contributed by atoms with Crippen LogP contribution in [0.4, 0.5) is 4.79 Å². The standard InChI is InChI=1S/C33H44N4O9S/c1-32(2,3)46-31(42)34-25-15-11-6-4-5-10-14-22-19-33(22,30(41)36-47(43,44)24-16-17-24)35-27(38)26-18-23(20-37(26)28(25)39)45-29(40)21-12-8-7-9-13-21/h7-10,12-14,22-26H,4-6,11,15-20H2,1-3H3,(H,34,42)(H,35,38)(H,36,41)/b14-10-/t22-,23+,25-,26-,33+/m0/s1. The summed E-state index contributed by atoms with van der Waals surface area (Å²) >= 11 is 0. The molecule has 5 atom stereocenters. The van der Waals surface area contributed by atoms with Crippen LogP contribution >= 0.6 is 0 Å². The summed E-state index contributed by atoms with van der Waals surface area (Å²) < 4.78 is 38.7. The highest BCUT2D eigenvalue weighted by Gasteiger charge is 2.62. The van der Waals surface area contributed by atoms with Crippen LogP contribution in [0.15, 0.2) is 42.5 Å². The molecule has 4 aliphatic rings. The van der Waals surface area contributed by atoms with Crippen molar-refractivity contribution in [3.05, 3.63) is 48.0 Å². The topological polar surface area (TPSA) is 177 Å². The molecule has 4 amide bonds. The van der Waals surface area contributed by atoms with E-state index in [0.717, 1.165) is 12.8 Å². The predicted molar refractivity (Wildman–Crippen MR) is 170 cm³/mol. The number of carbonyl (C=O) groups excluding carboxylic acids is 5. The molecule has 1 aromatic carbocycles. The molecular weight excluding hydrogens is 628 g/mol. The highest BCUT2D eigenvalue weighted by molar-refractivity contribution is 7.91. The summed E-state index contributed by atoms with van der Waals surface area (Å²) in [7, 11) is -3.89. The van der Waals surface area contributed by atoms with Gasteiger partial charge in [0.15, 0.2) is 0 Å². The van der Waals surface area contributed by atoms with Crippen LogP contribution in [0.5, 0.6) is 0 Å². The SMILES string of the molecule is CC(C)(C)OC(=O)N[C@H]1CCCCC/C=C\[C@H]2C[C@@]2(C(=O)NS(=O)(=O)C2CC2)NC(=O)[C@@H]2C[C@@H](OC(=O)c3ccccc3)CN2C1=O. The summed E-state index contributed by atoms with van der Waals surface area (Å²) in [6, 6.07) is 6.12. The highest BCUT2D eigenvalue weighted by Crippen LogP contribution is 2.46. The lowest BCUT2D eigenvalue weighted by atomic mass is 10.0. The van der Waals surface area contributed by atoms with Crippen LogP contribution in [-0.2, 0) is 33.9 Å². The number of nitrogens with one attached hydrogen (secondary N) is 3.